The van der Waals surface area contributed by atoms with Crippen LogP contribution in [0.1, 0.15) is 39.2 Å². The summed E-state index contributed by atoms with van der Waals surface area (Å²) in [5.41, 5.74) is 2.34. The van der Waals surface area contributed by atoms with Crippen LogP contribution in [0.4, 0.5) is 5.69 Å². The molecule has 2 heterocycles. The van der Waals surface area contributed by atoms with Crippen LogP contribution in [0.25, 0.3) is 0 Å². The molecule has 3 rings (SSSR count). The highest BCUT2D eigenvalue weighted by molar-refractivity contribution is 5.97. The fourth-order valence-electron chi connectivity index (χ4n) is 3.81. The van der Waals surface area contributed by atoms with Crippen LogP contribution < -0.4 is 4.90 Å². The van der Waals surface area contributed by atoms with Gasteiger partial charge < -0.3 is 9.80 Å². The summed E-state index contributed by atoms with van der Waals surface area (Å²) >= 11 is 0. The van der Waals surface area contributed by atoms with Crippen molar-refractivity contribution in [2.24, 2.45) is 11.8 Å². The van der Waals surface area contributed by atoms with Gasteiger partial charge in [-0.25, -0.2) is 0 Å². The molecular formula is C19H26N2O2. The van der Waals surface area contributed by atoms with Gasteiger partial charge >= 0.3 is 0 Å². The molecule has 4 heteroatoms. The fourth-order valence-corrected chi connectivity index (χ4v) is 3.81. The second-order valence-electron chi connectivity index (χ2n) is 7.14. The minimum Gasteiger partial charge on any atom is -0.342 e. The van der Waals surface area contributed by atoms with Crippen molar-refractivity contribution in [2.75, 3.05) is 18.0 Å². The van der Waals surface area contributed by atoms with Gasteiger partial charge in [-0.1, -0.05) is 32.0 Å². The molecule has 1 atom stereocenters. The third-order valence-corrected chi connectivity index (χ3v) is 5.09. The van der Waals surface area contributed by atoms with E-state index < -0.39 is 0 Å². The van der Waals surface area contributed by atoms with Gasteiger partial charge in [-0.05, 0) is 37.8 Å². The van der Waals surface area contributed by atoms with Gasteiger partial charge in [-0.3, -0.25) is 9.59 Å². The number of piperidine rings is 1. The summed E-state index contributed by atoms with van der Waals surface area (Å²) in [5, 5.41) is 0. The number of likely N-dealkylation sites (tertiary alicyclic amines) is 1. The molecule has 2 aliphatic heterocycles. The molecule has 1 aromatic rings. The minimum absolute atomic E-state index is 0.0349. The highest BCUT2D eigenvalue weighted by Crippen LogP contribution is 2.34. The Morgan fingerprint density at radius 2 is 1.78 bits per heavy atom. The van der Waals surface area contributed by atoms with Gasteiger partial charge in [0.25, 0.3) is 0 Å². The largest absolute Gasteiger partial charge is 0.342 e. The molecule has 0 N–H and O–H groups in total. The van der Waals surface area contributed by atoms with Crippen LogP contribution >= 0.6 is 0 Å². The van der Waals surface area contributed by atoms with Crippen LogP contribution in [0, 0.1) is 11.8 Å². The van der Waals surface area contributed by atoms with Crippen molar-refractivity contribution in [3.63, 3.8) is 0 Å². The predicted octanol–water partition coefficient (Wildman–Crippen LogP) is 2.86. The normalized spacial score (nSPS) is 21.7. The van der Waals surface area contributed by atoms with Crippen LogP contribution in [-0.4, -0.2) is 35.8 Å². The summed E-state index contributed by atoms with van der Waals surface area (Å²) in [6.07, 6.45) is 2.50. The van der Waals surface area contributed by atoms with E-state index in [9.17, 15) is 9.59 Å². The molecule has 1 unspecified atom stereocenters. The topological polar surface area (TPSA) is 40.6 Å². The first-order valence-electron chi connectivity index (χ1n) is 8.68. The Kier molecular flexibility index (Phi) is 4.42. The molecule has 23 heavy (non-hydrogen) atoms. The number of anilines is 1. The summed E-state index contributed by atoms with van der Waals surface area (Å²) in [7, 11) is 0. The second-order valence-corrected chi connectivity index (χ2v) is 7.14. The first-order valence-corrected chi connectivity index (χ1v) is 8.68. The molecule has 0 spiro atoms. The van der Waals surface area contributed by atoms with Crippen molar-refractivity contribution in [3.05, 3.63) is 29.8 Å². The minimum atomic E-state index is 0.0349. The summed E-state index contributed by atoms with van der Waals surface area (Å²) in [5.74, 6) is 0.516. The van der Waals surface area contributed by atoms with E-state index in [-0.39, 0.29) is 29.7 Å². The van der Waals surface area contributed by atoms with E-state index in [0.29, 0.717) is 13.1 Å². The highest BCUT2D eigenvalue weighted by atomic mass is 16.2. The number of amides is 2. The van der Waals surface area contributed by atoms with Gasteiger partial charge in [-0.15, -0.1) is 0 Å². The average Bonchev–Trinajstić information content (AvgIpc) is 2.89. The number of hydrogen-bond donors (Lipinski definition) is 0. The SMILES string of the molecule is CC(C)C(=O)N1CCC(C(=O)N2c3ccccc3CC2C)CC1. The maximum absolute atomic E-state index is 13.0. The molecule has 0 saturated carbocycles. The Balaban J connectivity index is 1.67. The molecule has 2 aliphatic rings. The highest BCUT2D eigenvalue weighted by Gasteiger charge is 2.36. The number of nitrogens with zero attached hydrogens (tertiary/aromatic N) is 2. The van der Waals surface area contributed by atoms with Crippen molar-refractivity contribution in [1.29, 1.82) is 0 Å². The third-order valence-electron chi connectivity index (χ3n) is 5.09. The molecule has 1 saturated heterocycles. The first kappa shape index (κ1) is 16.0. The molecular weight excluding hydrogens is 288 g/mol. The first-order chi connectivity index (χ1) is 11.0. The molecule has 0 bridgehead atoms. The lowest BCUT2D eigenvalue weighted by Crippen LogP contribution is -2.46. The molecule has 2 amide bonds. The van der Waals surface area contributed by atoms with E-state index in [4.69, 9.17) is 0 Å². The molecule has 1 fully saturated rings. The zero-order valence-electron chi connectivity index (χ0n) is 14.3. The number of fused-ring (bicyclic) bond motifs is 1. The molecule has 0 aliphatic carbocycles. The van der Waals surface area contributed by atoms with Crippen molar-refractivity contribution in [3.8, 4) is 0 Å². The lowest BCUT2D eigenvalue weighted by Gasteiger charge is -2.35. The third kappa shape index (κ3) is 2.99. The van der Waals surface area contributed by atoms with E-state index in [1.807, 2.05) is 41.8 Å². The number of rotatable bonds is 2. The molecule has 4 nitrogen and oxygen atoms in total. The van der Waals surface area contributed by atoms with E-state index in [0.717, 1.165) is 24.9 Å². The Hall–Kier alpha value is -1.84. The maximum atomic E-state index is 13.0. The predicted molar refractivity (Wildman–Crippen MR) is 91.2 cm³/mol. The van der Waals surface area contributed by atoms with Crippen molar-refractivity contribution < 1.29 is 9.59 Å². The molecule has 124 valence electrons. The smallest absolute Gasteiger partial charge is 0.230 e. The standard InChI is InChI=1S/C19H26N2O2/c1-13(2)18(22)20-10-8-15(9-11-20)19(23)21-14(3)12-16-6-4-5-7-17(16)21/h4-7,13-15H,8-12H2,1-3H3. The summed E-state index contributed by atoms with van der Waals surface area (Å²) in [6.45, 7) is 7.40. The van der Waals surface area contributed by atoms with Gasteiger partial charge in [0, 0.05) is 36.7 Å². The van der Waals surface area contributed by atoms with Crippen LogP contribution in [0.2, 0.25) is 0 Å². The Morgan fingerprint density at radius 1 is 1.13 bits per heavy atom. The zero-order valence-corrected chi connectivity index (χ0v) is 14.3. The summed E-state index contributed by atoms with van der Waals surface area (Å²) in [4.78, 5) is 29.0. The number of hydrogen-bond acceptors (Lipinski definition) is 2. The van der Waals surface area contributed by atoms with Gasteiger partial charge in [0.05, 0.1) is 0 Å². The van der Waals surface area contributed by atoms with Gasteiger partial charge in [-0.2, -0.15) is 0 Å². The summed E-state index contributed by atoms with van der Waals surface area (Å²) in [6, 6.07) is 8.43. The van der Waals surface area contributed by atoms with Crippen molar-refractivity contribution >= 4 is 17.5 Å². The fraction of sp³-hybridized carbons (Fsp3) is 0.579. The number of benzene rings is 1. The van der Waals surface area contributed by atoms with Crippen molar-refractivity contribution in [1.82, 2.24) is 4.90 Å². The van der Waals surface area contributed by atoms with Crippen LogP contribution in [0.5, 0.6) is 0 Å². The lowest BCUT2D eigenvalue weighted by atomic mass is 9.94. The number of carbonyl (C=O) groups is 2. The van der Waals surface area contributed by atoms with Gasteiger partial charge in [0.1, 0.15) is 0 Å². The van der Waals surface area contributed by atoms with E-state index >= 15 is 0 Å². The lowest BCUT2D eigenvalue weighted by molar-refractivity contribution is -0.137. The van der Waals surface area contributed by atoms with E-state index in [2.05, 4.69) is 13.0 Å². The van der Waals surface area contributed by atoms with Crippen molar-refractivity contribution in [2.45, 2.75) is 46.1 Å². The summed E-state index contributed by atoms with van der Waals surface area (Å²) < 4.78 is 0. The second kappa shape index (κ2) is 6.34. The van der Waals surface area contributed by atoms with E-state index in [1.54, 1.807) is 0 Å². The van der Waals surface area contributed by atoms with Gasteiger partial charge in [0.15, 0.2) is 0 Å². The van der Waals surface area contributed by atoms with Crippen LogP contribution in [-0.2, 0) is 16.0 Å². The quantitative estimate of drug-likeness (QED) is 0.842. The van der Waals surface area contributed by atoms with E-state index in [1.165, 1.54) is 5.56 Å². The Bertz CT molecular complexity index is 603. The average molecular weight is 314 g/mol. The molecule has 1 aromatic carbocycles. The Morgan fingerprint density at radius 3 is 2.43 bits per heavy atom. The number of para-hydroxylation sites is 1. The Labute approximate surface area is 138 Å². The zero-order chi connectivity index (χ0) is 16.6. The monoisotopic (exact) mass is 314 g/mol. The molecule has 0 aromatic heterocycles. The van der Waals surface area contributed by atoms with Gasteiger partial charge in [0.2, 0.25) is 11.8 Å². The molecule has 0 radical (unpaired) electrons. The maximum Gasteiger partial charge on any atom is 0.230 e. The van der Waals surface area contributed by atoms with Crippen LogP contribution in [0.3, 0.4) is 0 Å². The number of carbonyl (C=O) groups excluding carboxylic acids is 2. The van der Waals surface area contributed by atoms with Crippen LogP contribution in [0.15, 0.2) is 24.3 Å².